The maximum Gasteiger partial charge on any atom is 0.128 e. The maximum absolute atomic E-state index is 4.26. The second-order valence-corrected chi connectivity index (χ2v) is 3.99. The zero-order valence-electron chi connectivity index (χ0n) is 8.39. The van der Waals surface area contributed by atoms with Crippen molar-refractivity contribution < 1.29 is 0 Å². The zero-order valence-corrected chi connectivity index (χ0v) is 8.39. The van der Waals surface area contributed by atoms with Crippen LogP contribution in [0.1, 0.15) is 25.1 Å². The molecule has 0 aliphatic heterocycles. The molecular formula is C12H16N2. The van der Waals surface area contributed by atoms with Crippen LogP contribution >= 0.6 is 0 Å². The van der Waals surface area contributed by atoms with Crippen LogP contribution in [0.25, 0.3) is 0 Å². The molecule has 2 heteroatoms. The molecule has 1 aliphatic rings. The molecule has 1 fully saturated rings. The Morgan fingerprint density at radius 1 is 1.29 bits per heavy atom. The quantitative estimate of drug-likeness (QED) is 0.679. The van der Waals surface area contributed by atoms with E-state index in [1.807, 2.05) is 24.5 Å². The maximum atomic E-state index is 4.26. The molecule has 0 unspecified atom stereocenters. The molecule has 14 heavy (non-hydrogen) atoms. The Labute approximate surface area is 85.1 Å². The van der Waals surface area contributed by atoms with Crippen molar-refractivity contribution in [2.45, 2.75) is 25.7 Å². The fourth-order valence-corrected chi connectivity index (χ4v) is 2.10. The first kappa shape index (κ1) is 9.38. The van der Waals surface area contributed by atoms with Gasteiger partial charge < -0.3 is 0 Å². The van der Waals surface area contributed by atoms with E-state index in [4.69, 9.17) is 0 Å². The average molecular weight is 188 g/mol. The summed E-state index contributed by atoms with van der Waals surface area (Å²) in [7, 11) is 0. The highest BCUT2D eigenvalue weighted by Crippen LogP contribution is 2.38. The summed E-state index contributed by atoms with van der Waals surface area (Å²) in [6.07, 6.45) is 10.5. The first-order valence-corrected chi connectivity index (χ1v) is 5.27. The standard InChI is InChI=1S/C12H16N2/c1-2-4-10-5-6-11(10)9-12-13-7-3-8-14-12/h2-3,7-8,10-11H,1,4-6,9H2/t10-,11+/m1/s1. The molecule has 0 bridgehead atoms. The molecule has 2 rings (SSSR count). The van der Waals surface area contributed by atoms with E-state index in [0.717, 1.165) is 30.5 Å². The monoisotopic (exact) mass is 188 g/mol. The first-order valence-electron chi connectivity index (χ1n) is 5.27. The van der Waals surface area contributed by atoms with Gasteiger partial charge in [-0.3, -0.25) is 0 Å². The molecule has 0 aromatic carbocycles. The van der Waals surface area contributed by atoms with Crippen molar-refractivity contribution in [3.63, 3.8) is 0 Å². The minimum Gasteiger partial charge on any atom is -0.241 e. The van der Waals surface area contributed by atoms with E-state index in [9.17, 15) is 0 Å². The number of hydrogen-bond donors (Lipinski definition) is 0. The third-order valence-corrected chi connectivity index (χ3v) is 3.11. The minimum atomic E-state index is 0.787. The van der Waals surface area contributed by atoms with Gasteiger partial charge in [0.25, 0.3) is 0 Å². The van der Waals surface area contributed by atoms with Gasteiger partial charge in [-0.05, 0) is 37.2 Å². The molecule has 1 saturated carbocycles. The van der Waals surface area contributed by atoms with E-state index in [2.05, 4.69) is 16.5 Å². The molecule has 74 valence electrons. The highest BCUT2D eigenvalue weighted by molar-refractivity contribution is 4.95. The largest absolute Gasteiger partial charge is 0.241 e. The van der Waals surface area contributed by atoms with E-state index in [1.54, 1.807) is 0 Å². The molecule has 1 aliphatic carbocycles. The molecule has 0 radical (unpaired) electrons. The Bertz CT molecular complexity index is 294. The molecular weight excluding hydrogens is 172 g/mol. The summed E-state index contributed by atoms with van der Waals surface area (Å²) in [5.41, 5.74) is 0. The van der Waals surface area contributed by atoms with Crippen molar-refractivity contribution >= 4 is 0 Å². The topological polar surface area (TPSA) is 25.8 Å². The Kier molecular flexibility index (Phi) is 2.92. The van der Waals surface area contributed by atoms with Crippen LogP contribution in [0.4, 0.5) is 0 Å². The van der Waals surface area contributed by atoms with Crippen molar-refractivity contribution in [3.05, 3.63) is 36.9 Å². The van der Waals surface area contributed by atoms with Crippen LogP contribution in [0.3, 0.4) is 0 Å². The summed E-state index contributed by atoms with van der Waals surface area (Å²) < 4.78 is 0. The molecule has 2 nitrogen and oxygen atoms in total. The van der Waals surface area contributed by atoms with Crippen LogP contribution in [0.5, 0.6) is 0 Å². The molecule has 2 atom stereocenters. The van der Waals surface area contributed by atoms with E-state index in [1.165, 1.54) is 12.8 Å². The summed E-state index contributed by atoms with van der Waals surface area (Å²) in [5.74, 6) is 2.61. The number of rotatable bonds is 4. The Morgan fingerprint density at radius 3 is 2.57 bits per heavy atom. The number of nitrogens with zero attached hydrogens (tertiary/aromatic N) is 2. The Balaban J connectivity index is 1.89. The highest BCUT2D eigenvalue weighted by Gasteiger charge is 2.30. The lowest BCUT2D eigenvalue weighted by Gasteiger charge is -2.35. The van der Waals surface area contributed by atoms with E-state index in [-0.39, 0.29) is 0 Å². The van der Waals surface area contributed by atoms with Gasteiger partial charge in [-0.1, -0.05) is 6.08 Å². The van der Waals surface area contributed by atoms with Gasteiger partial charge in [0.2, 0.25) is 0 Å². The number of hydrogen-bond acceptors (Lipinski definition) is 2. The second kappa shape index (κ2) is 4.36. The third-order valence-electron chi connectivity index (χ3n) is 3.11. The van der Waals surface area contributed by atoms with Gasteiger partial charge >= 0.3 is 0 Å². The summed E-state index contributed by atoms with van der Waals surface area (Å²) in [6.45, 7) is 3.79. The van der Waals surface area contributed by atoms with Crippen LogP contribution in [0.15, 0.2) is 31.1 Å². The van der Waals surface area contributed by atoms with Crippen molar-refractivity contribution in [2.75, 3.05) is 0 Å². The summed E-state index contributed by atoms with van der Waals surface area (Å²) >= 11 is 0. The van der Waals surface area contributed by atoms with Crippen LogP contribution in [0.2, 0.25) is 0 Å². The Hall–Kier alpha value is -1.18. The molecule has 1 aromatic rings. The zero-order chi connectivity index (χ0) is 9.80. The van der Waals surface area contributed by atoms with Crippen LogP contribution in [-0.2, 0) is 6.42 Å². The van der Waals surface area contributed by atoms with Crippen molar-refractivity contribution in [1.29, 1.82) is 0 Å². The van der Waals surface area contributed by atoms with E-state index < -0.39 is 0 Å². The molecule has 1 heterocycles. The molecule has 0 spiro atoms. The highest BCUT2D eigenvalue weighted by atomic mass is 14.8. The van der Waals surface area contributed by atoms with Crippen LogP contribution < -0.4 is 0 Å². The summed E-state index contributed by atoms with van der Waals surface area (Å²) in [6, 6.07) is 1.87. The molecule has 1 aromatic heterocycles. The second-order valence-electron chi connectivity index (χ2n) is 3.99. The van der Waals surface area contributed by atoms with Gasteiger partial charge in [0.05, 0.1) is 0 Å². The van der Waals surface area contributed by atoms with Gasteiger partial charge in [-0.25, -0.2) is 9.97 Å². The van der Waals surface area contributed by atoms with Gasteiger partial charge in [-0.15, -0.1) is 6.58 Å². The van der Waals surface area contributed by atoms with Crippen LogP contribution in [0, 0.1) is 11.8 Å². The van der Waals surface area contributed by atoms with Gasteiger partial charge in [0.1, 0.15) is 5.82 Å². The SMILES string of the molecule is C=CC[C@@H]1CC[C@H]1Cc1ncccn1. The fraction of sp³-hybridized carbons (Fsp3) is 0.500. The van der Waals surface area contributed by atoms with E-state index >= 15 is 0 Å². The van der Waals surface area contributed by atoms with Gasteiger partial charge in [-0.2, -0.15) is 0 Å². The van der Waals surface area contributed by atoms with Crippen molar-refractivity contribution in [1.82, 2.24) is 9.97 Å². The smallest absolute Gasteiger partial charge is 0.128 e. The summed E-state index contributed by atoms with van der Waals surface area (Å²) in [5, 5.41) is 0. The lowest BCUT2D eigenvalue weighted by molar-refractivity contribution is 0.175. The van der Waals surface area contributed by atoms with Gasteiger partial charge in [0, 0.05) is 18.8 Å². The predicted molar refractivity (Wildman–Crippen MR) is 56.8 cm³/mol. The molecule has 0 amide bonds. The average Bonchev–Trinajstić information content (AvgIpc) is 2.23. The first-order chi connectivity index (χ1) is 6.90. The molecule has 0 N–H and O–H groups in total. The van der Waals surface area contributed by atoms with E-state index in [0.29, 0.717) is 0 Å². The van der Waals surface area contributed by atoms with Crippen molar-refractivity contribution in [3.8, 4) is 0 Å². The third kappa shape index (κ3) is 2.00. The number of aromatic nitrogens is 2. The minimum absolute atomic E-state index is 0.787. The van der Waals surface area contributed by atoms with Crippen molar-refractivity contribution in [2.24, 2.45) is 11.8 Å². The fourth-order valence-electron chi connectivity index (χ4n) is 2.10. The van der Waals surface area contributed by atoms with Crippen LogP contribution in [-0.4, -0.2) is 9.97 Å². The lowest BCUT2D eigenvalue weighted by Crippen LogP contribution is -2.27. The summed E-state index contributed by atoms with van der Waals surface area (Å²) in [4.78, 5) is 8.52. The number of allylic oxidation sites excluding steroid dienone is 1. The Morgan fingerprint density at radius 2 is 2.00 bits per heavy atom. The lowest BCUT2D eigenvalue weighted by atomic mass is 9.70. The molecule has 0 saturated heterocycles. The van der Waals surface area contributed by atoms with Gasteiger partial charge in [0.15, 0.2) is 0 Å². The normalized spacial score (nSPS) is 25.4. The predicted octanol–water partition coefficient (Wildman–Crippen LogP) is 2.62.